The average molecular weight is 895 g/mol. The molecule has 0 heterocycles. The fourth-order valence-corrected chi connectivity index (χ4v) is 6.23. The maximum absolute atomic E-state index is 12.8. The van der Waals surface area contributed by atoms with E-state index in [9.17, 15) is 14.4 Å². The van der Waals surface area contributed by atoms with Crippen LogP contribution in [0.1, 0.15) is 188 Å². The average Bonchev–Trinajstić information content (AvgIpc) is 3.30. The van der Waals surface area contributed by atoms with Gasteiger partial charge in [-0.05, 0) is 103 Å². The van der Waals surface area contributed by atoms with Gasteiger partial charge in [0.1, 0.15) is 13.2 Å². The van der Waals surface area contributed by atoms with E-state index in [-0.39, 0.29) is 44.0 Å². The van der Waals surface area contributed by atoms with E-state index in [2.05, 4.69) is 93.7 Å². The smallest absolute Gasteiger partial charge is 0.306 e. The highest BCUT2D eigenvalue weighted by atomic mass is 16.6. The molecule has 0 bridgehead atoms. The lowest BCUT2D eigenvalue weighted by atomic mass is 10.1. The molecule has 0 aromatic rings. The van der Waals surface area contributed by atoms with Crippen LogP contribution < -0.4 is 0 Å². The molecule has 65 heavy (non-hydrogen) atoms. The molecule has 6 nitrogen and oxygen atoms in total. The van der Waals surface area contributed by atoms with E-state index in [0.717, 1.165) is 103 Å². The molecule has 0 aliphatic carbocycles. The number of allylic oxidation sites excluding steroid dienone is 24. The van der Waals surface area contributed by atoms with Crippen LogP contribution in [0.2, 0.25) is 0 Å². The van der Waals surface area contributed by atoms with Crippen LogP contribution >= 0.6 is 0 Å². The van der Waals surface area contributed by atoms with Crippen LogP contribution in [-0.2, 0) is 28.6 Å². The second-order valence-corrected chi connectivity index (χ2v) is 16.1. The van der Waals surface area contributed by atoms with Gasteiger partial charge in [-0.3, -0.25) is 14.4 Å². The zero-order valence-corrected chi connectivity index (χ0v) is 41.2. The van der Waals surface area contributed by atoms with Crippen molar-refractivity contribution in [2.45, 2.75) is 194 Å². The van der Waals surface area contributed by atoms with Gasteiger partial charge in [-0.25, -0.2) is 0 Å². The van der Waals surface area contributed by atoms with E-state index in [1.54, 1.807) is 0 Å². The molecule has 0 aliphatic rings. The molecule has 0 saturated heterocycles. The van der Waals surface area contributed by atoms with Gasteiger partial charge in [0.2, 0.25) is 0 Å². The van der Waals surface area contributed by atoms with Gasteiger partial charge in [0.15, 0.2) is 6.10 Å². The number of carbonyl (C=O) groups excluding carboxylic acids is 3. The number of hydrogen-bond acceptors (Lipinski definition) is 6. The number of hydrogen-bond donors (Lipinski definition) is 0. The van der Waals surface area contributed by atoms with Crippen molar-refractivity contribution < 1.29 is 28.6 Å². The summed E-state index contributed by atoms with van der Waals surface area (Å²) in [6, 6.07) is 0. The van der Waals surface area contributed by atoms with Crippen molar-refractivity contribution in [1.29, 1.82) is 0 Å². The first kappa shape index (κ1) is 60.3. The minimum Gasteiger partial charge on any atom is -0.462 e. The van der Waals surface area contributed by atoms with E-state index in [4.69, 9.17) is 14.2 Å². The Bertz CT molecular complexity index is 1490. The topological polar surface area (TPSA) is 78.9 Å². The highest BCUT2D eigenvalue weighted by Gasteiger charge is 2.19. The summed E-state index contributed by atoms with van der Waals surface area (Å²) in [5.74, 6) is -1.02. The van der Waals surface area contributed by atoms with E-state index in [0.29, 0.717) is 19.3 Å². The van der Waals surface area contributed by atoms with Crippen LogP contribution in [0, 0.1) is 0 Å². The van der Waals surface area contributed by atoms with Crippen molar-refractivity contribution in [3.05, 3.63) is 146 Å². The van der Waals surface area contributed by atoms with Crippen LogP contribution in [0.3, 0.4) is 0 Å². The summed E-state index contributed by atoms with van der Waals surface area (Å²) in [6.07, 6.45) is 73.9. The lowest BCUT2D eigenvalue weighted by Gasteiger charge is -2.18. The van der Waals surface area contributed by atoms with Crippen LogP contribution in [0.4, 0.5) is 0 Å². The summed E-state index contributed by atoms with van der Waals surface area (Å²) in [4.78, 5) is 38.0. The second kappa shape index (κ2) is 51.9. The highest BCUT2D eigenvalue weighted by Crippen LogP contribution is 2.12. The number of ether oxygens (including phenoxy) is 3. The summed E-state index contributed by atoms with van der Waals surface area (Å²) in [6.45, 7) is 6.25. The fraction of sp³-hybridized carbons (Fsp3) is 0.542. The van der Waals surface area contributed by atoms with Gasteiger partial charge in [-0.15, -0.1) is 0 Å². The lowest BCUT2D eigenvalue weighted by molar-refractivity contribution is -0.167. The Kier molecular flexibility index (Phi) is 48.2. The molecule has 6 heteroatoms. The third-order valence-electron chi connectivity index (χ3n) is 10.0. The van der Waals surface area contributed by atoms with Crippen LogP contribution in [-0.4, -0.2) is 37.2 Å². The van der Waals surface area contributed by atoms with E-state index in [1.807, 2.05) is 72.9 Å². The molecular weight excluding hydrogens is 805 g/mol. The Morgan fingerprint density at radius 3 is 1.15 bits per heavy atom. The Hall–Kier alpha value is -4.71. The zero-order valence-electron chi connectivity index (χ0n) is 41.2. The highest BCUT2D eigenvalue weighted by molar-refractivity contribution is 5.71. The Balaban J connectivity index is 4.59. The van der Waals surface area contributed by atoms with Gasteiger partial charge in [-0.1, -0.05) is 212 Å². The monoisotopic (exact) mass is 895 g/mol. The number of unbranched alkanes of at least 4 members (excludes halogenated alkanes) is 14. The predicted octanol–water partition coefficient (Wildman–Crippen LogP) is 16.9. The van der Waals surface area contributed by atoms with Crippen LogP contribution in [0.15, 0.2) is 146 Å². The van der Waals surface area contributed by atoms with Crippen LogP contribution in [0.25, 0.3) is 0 Å². The van der Waals surface area contributed by atoms with Crippen molar-refractivity contribution in [1.82, 2.24) is 0 Å². The Labute approximate surface area is 397 Å². The second-order valence-electron chi connectivity index (χ2n) is 16.1. The molecule has 0 radical (unpaired) electrons. The molecule has 1 atom stereocenters. The number of rotatable bonds is 43. The molecule has 0 aliphatic heterocycles. The van der Waals surface area contributed by atoms with E-state index < -0.39 is 6.10 Å². The minimum atomic E-state index is -0.823. The first-order chi connectivity index (χ1) is 32.0. The molecular formula is C59H90O6. The molecule has 0 fully saturated rings. The SMILES string of the molecule is CC\C=C/C=C\C=C/C=C\C=C\C=C/C=C\CCCCCC(=O)OCC(COC(=O)CCCCCCC/C=C\CCCCC)OC(=O)CCCCC/C=C\C/C=C\C/C=C\C/C=C\CC. The maximum atomic E-state index is 12.8. The van der Waals surface area contributed by atoms with E-state index in [1.165, 1.54) is 32.1 Å². The van der Waals surface area contributed by atoms with Gasteiger partial charge in [0.25, 0.3) is 0 Å². The van der Waals surface area contributed by atoms with E-state index >= 15 is 0 Å². The largest absolute Gasteiger partial charge is 0.462 e. The molecule has 0 saturated carbocycles. The molecule has 0 amide bonds. The van der Waals surface area contributed by atoms with Gasteiger partial charge in [-0.2, -0.15) is 0 Å². The fourth-order valence-electron chi connectivity index (χ4n) is 6.23. The van der Waals surface area contributed by atoms with Gasteiger partial charge in [0, 0.05) is 19.3 Å². The third kappa shape index (κ3) is 50.2. The standard InChI is InChI=1S/C59H90O6/c1-4-7-10-13-16-19-22-25-27-29-30-31-33-34-37-40-43-46-49-52-58(61)64-55-56(54-63-57(60)51-48-45-42-39-36-24-21-18-15-12-9-6-3)65-59(62)53-50-47-44-41-38-35-32-28-26-23-20-17-14-11-8-5-2/h7-8,10-11,13,16-22,25-31,33-35,37-38,56H,4-6,9,12,14-15,23-24,32,36,39-55H2,1-3H3/b10-7-,11-8-,16-13-,20-17-,21-18-,22-19-,27-25-,28-26-,30-29+,33-31-,37-34-,38-35-. The third-order valence-corrected chi connectivity index (χ3v) is 10.0. The minimum absolute atomic E-state index is 0.117. The van der Waals surface area contributed by atoms with Crippen molar-refractivity contribution >= 4 is 17.9 Å². The summed E-state index contributed by atoms with van der Waals surface area (Å²) in [5, 5.41) is 0. The molecule has 0 aromatic heterocycles. The zero-order chi connectivity index (χ0) is 47.2. The van der Waals surface area contributed by atoms with Crippen molar-refractivity contribution in [2.75, 3.05) is 13.2 Å². The van der Waals surface area contributed by atoms with Crippen molar-refractivity contribution in [3.63, 3.8) is 0 Å². The molecule has 362 valence electrons. The van der Waals surface area contributed by atoms with Gasteiger partial charge < -0.3 is 14.2 Å². The van der Waals surface area contributed by atoms with Crippen LogP contribution in [0.5, 0.6) is 0 Å². The van der Waals surface area contributed by atoms with Crippen molar-refractivity contribution in [3.8, 4) is 0 Å². The maximum Gasteiger partial charge on any atom is 0.306 e. The molecule has 1 unspecified atom stereocenters. The Morgan fingerprint density at radius 1 is 0.338 bits per heavy atom. The molecule has 0 rings (SSSR count). The summed E-state index contributed by atoms with van der Waals surface area (Å²) >= 11 is 0. The quantitative estimate of drug-likeness (QED) is 0.0199. The number of esters is 3. The lowest BCUT2D eigenvalue weighted by Crippen LogP contribution is -2.30. The number of carbonyl (C=O) groups is 3. The van der Waals surface area contributed by atoms with Gasteiger partial charge >= 0.3 is 17.9 Å². The molecule has 0 aromatic carbocycles. The molecule has 0 N–H and O–H groups in total. The Morgan fingerprint density at radius 2 is 0.677 bits per heavy atom. The first-order valence-corrected chi connectivity index (χ1v) is 25.4. The normalized spacial score (nSPS) is 13.3. The summed E-state index contributed by atoms with van der Waals surface area (Å²) in [5.41, 5.74) is 0. The summed E-state index contributed by atoms with van der Waals surface area (Å²) in [7, 11) is 0. The first-order valence-electron chi connectivity index (χ1n) is 25.4. The summed E-state index contributed by atoms with van der Waals surface area (Å²) < 4.78 is 16.7. The van der Waals surface area contributed by atoms with Gasteiger partial charge in [0.05, 0.1) is 0 Å². The molecule has 0 spiro atoms. The van der Waals surface area contributed by atoms with Crippen molar-refractivity contribution in [2.24, 2.45) is 0 Å². The predicted molar refractivity (Wildman–Crippen MR) is 279 cm³/mol.